The van der Waals surface area contributed by atoms with Crippen molar-refractivity contribution in [2.75, 3.05) is 5.32 Å². The average Bonchev–Trinajstić information content (AvgIpc) is 2.87. The molecule has 0 radical (unpaired) electrons. The monoisotopic (exact) mass is 293 g/mol. The van der Waals surface area contributed by atoms with E-state index in [1.54, 1.807) is 12.4 Å². The van der Waals surface area contributed by atoms with Gasteiger partial charge in [-0.2, -0.15) is 9.61 Å². The standard InChI is InChI=1S/C16H20BN5/c1-16(2,3)13-8-14(19-9-11-4-6-18-7-5-11)22-15(21-13)12(17)10-20-22/h4-8,10,19H,9,17H2,1-3H3. The number of anilines is 1. The number of pyridine rings is 1. The summed E-state index contributed by atoms with van der Waals surface area (Å²) in [5.41, 5.74) is 4.22. The molecule has 0 saturated heterocycles. The van der Waals surface area contributed by atoms with Gasteiger partial charge >= 0.3 is 0 Å². The van der Waals surface area contributed by atoms with Gasteiger partial charge in [0, 0.05) is 36.6 Å². The van der Waals surface area contributed by atoms with Gasteiger partial charge < -0.3 is 5.32 Å². The second-order valence-electron chi connectivity index (χ2n) is 6.55. The first-order chi connectivity index (χ1) is 10.4. The van der Waals surface area contributed by atoms with Crippen molar-refractivity contribution in [2.24, 2.45) is 0 Å². The Balaban J connectivity index is 2.00. The number of aromatic nitrogens is 4. The van der Waals surface area contributed by atoms with Gasteiger partial charge in [0.1, 0.15) is 13.7 Å². The van der Waals surface area contributed by atoms with Gasteiger partial charge in [-0.15, -0.1) is 0 Å². The molecule has 0 spiro atoms. The van der Waals surface area contributed by atoms with Crippen LogP contribution in [0.25, 0.3) is 5.65 Å². The van der Waals surface area contributed by atoms with E-state index in [0.29, 0.717) is 0 Å². The first-order valence-corrected chi connectivity index (χ1v) is 7.44. The van der Waals surface area contributed by atoms with Gasteiger partial charge in [-0.25, -0.2) is 4.98 Å². The van der Waals surface area contributed by atoms with Gasteiger partial charge in [0.25, 0.3) is 0 Å². The number of hydrogen-bond donors (Lipinski definition) is 1. The van der Waals surface area contributed by atoms with E-state index >= 15 is 0 Å². The van der Waals surface area contributed by atoms with Crippen molar-refractivity contribution in [1.82, 2.24) is 19.6 Å². The largest absolute Gasteiger partial charge is 0.366 e. The number of hydrogen-bond acceptors (Lipinski definition) is 4. The van der Waals surface area contributed by atoms with Crippen LogP contribution in [0, 0.1) is 0 Å². The Labute approximate surface area is 131 Å². The molecule has 0 aliphatic heterocycles. The van der Waals surface area contributed by atoms with Crippen molar-refractivity contribution in [3.63, 3.8) is 0 Å². The number of nitrogens with one attached hydrogen (secondary N) is 1. The second-order valence-corrected chi connectivity index (χ2v) is 6.55. The van der Waals surface area contributed by atoms with Gasteiger partial charge in [-0.05, 0) is 23.2 Å². The number of fused-ring (bicyclic) bond motifs is 1. The lowest BCUT2D eigenvalue weighted by Crippen LogP contribution is -2.18. The van der Waals surface area contributed by atoms with Crippen molar-refractivity contribution in [1.29, 1.82) is 0 Å². The van der Waals surface area contributed by atoms with Crippen molar-refractivity contribution in [2.45, 2.75) is 32.7 Å². The van der Waals surface area contributed by atoms with E-state index in [4.69, 9.17) is 4.98 Å². The Hall–Kier alpha value is -2.37. The fourth-order valence-electron chi connectivity index (χ4n) is 2.28. The summed E-state index contributed by atoms with van der Waals surface area (Å²) in [6, 6.07) is 6.09. The predicted molar refractivity (Wildman–Crippen MR) is 91.4 cm³/mol. The highest BCUT2D eigenvalue weighted by molar-refractivity contribution is 6.36. The Morgan fingerprint density at radius 1 is 1.23 bits per heavy atom. The van der Waals surface area contributed by atoms with Crippen LogP contribution in [0.4, 0.5) is 5.82 Å². The summed E-state index contributed by atoms with van der Waals surface area (Å²) >= 11 is 0. The molecule has 22 heavy (non-hydrogen) atoms. The molecule has 0 atom stereocenters. The fourth-order valence-corrected chi connectivity index (χ4v) is 2.28. The fraction of sp³-hybridized carbons (Fsp3) is 0.312. The van der Waals surface area contributed by atoms with Crippen LogP contribution in [0.5, 0.6) is 0 Å². The van der Waals surface area contributed by atoms with Crippen LogP contribution < -0.4 is 10.8 Å². The highest BCUT2D eigenvalue weighted by atomic mass is 15.3. The lowest BCUT2D eigenvalue weighted by molar-refractivity contribution is 0.568. The molecule has 3 aromatic heterocycles. The van der Waals surface area contributed by atoms with Crippen LogP contribution in [-0.4, -0.2) is 27.4 Å². The molecule has 0 bridgehead atoms. The molecule has 6 heteroatoms. The molecule has 0 unspecified atom stereocenters. The molecule has 0 fully saturated rings. The van der Waals surface area contributed by atoms with Gasteiger partial charge in [-0.3, -0.25) is 4.98 Å². The van der Waals surface area contributed by atoms with E-state index in [9.17, 15) is 0 Å². The van der Waals surface area contributed by atoms with Crippen molar-refractivity contribution in [3.8, 4) is 0 Å². The van der Waals surface area contributed by atoms with Crippen LogP contribution in [0.1, 0.15) is 32.0 Å². The first-order valence-electron chi connectivity index (χ1n) is 7.44. The maximum Gasteiger partial charge on any atom is 0.151 e. The maximum atomic E-state index is 4.77. The Morgan fingerprint density at radius 2 is 1.95 bits per heavy atom. The van der Waals surface area contributed by atoms with E-state index in [1.165, 1.54) is 5.56 Å². The second kappa shape index (κ2) is 5.44. The summed E-state index contributed by atoms with van der Waals surface area (Å²) in [6.07, 6.45) is 5.46. The number of nitrogens with zero attached hydrogens (tertiary/aromatic N) is 4. The molecule has 1 N–H and O–H groups in total. The molecule has 3 aromatic rings. The third-order valence-electron chi connectivity index (χ3n) is 3.64. The highest BCUT2D eigenvalue weighted by Gasteiger charge is 2.19. The molecule has 112 valence electrons. The molecule has 5 nitrogen and oxygen atoms in total. The average molecular weight is 293 g/mol. The topological polar surface area (TPSA) is 55.1 Å². The molecule has 0 aliphatic carbocycles. The zero-order valence-corrected chi connectivity index (χ0v) is 13.5. The van der Waals surface area contributed by atoms with Gasteiger partial charge in [0.2, 0.25) is 0 Å². The van der Waals surface area contributed by atoms with E-state index in [2.05, 4.69) is 42.2 Å². The minimum atomic E-state index is -0.00838. The van der Waals surface area contributed by atoms with Crippen molar-refractivity contribution >= 4 is 24.8 Å². The van der Waals surface area contributed by atoms with Crippen molar-refractivity contribution < 1.29 is 0 Å². The summed E-state index contributed by atoms with van der Waals surface area (Å²) in [5, 5.41) is 7.90. The molecule has 3 rings (SSSR count). The predicted octanol–water partition coefficient (Wildman–Crippen LogP) is 1.29. The normalized spacial score (nSPS) is 11.8. The molecular formula is C16H20BN5. The minimum absolute atomic E-state index is 0.00838. The number of rotatable bonds is 3. The summed E-state index contributed by atoms with van der Waals surface area (Å²) in [4.78, 5) is 8.82. The van der Waals surface area contributed by atoms with Crippen LogP contribution in [-0.2, 0) is 12.0 Å². The van der Waals surface area contributed by atoms with E-state index in [0.717, 1.165) is 29.2 Å². The minimum Gasteiger partial charge on any atom is -0.366 e. The molecule has 0 amide bonds. The zero-order chi connectivity index (χ0) is 15.7. The molecule has 0 aliphatic rings. The first kappa shape index (κ1) is 14.6. The van der Waals surface area contributed by atoms with Gasteiger partial charge in [0.05, 0.1) is 5.69 Å². The Bertz CT molecular complexity index is 789. The summed E-state index contributed by atoms with van der Waals surface area (Å²) in [6.45, 7) is 7.24. The van der Waals surface area contributed by atoms with Crippen LogP contribution in [0.2, 0.25) is 0 Å². The van der Waals surface area contributed by atoms with E-state index in [1.807, 2.05) is 30.7 Å². The highest BCUT2D eigenvalue weighted by Crippen LogP contribution is 2.23. The molecular weight excluding hydrogens is 273 g/mol. The quantitative estimate of drug-likeness (QED) is 0.739. The van der Waals surface area contributed by atoms with Crippen LogP contribution >= 0.6 is 0 Å². The van der Waals surface area contributed by atoms with E-state index in [-0.39, 0.29) is 5.41 Å². The van der Waals surface area contributed by atoms with Gasteiger partial charge in [0.15, 0.2) is 5.65 Å². The molecule has 0 saturated carbocycles. The molecule has 3 heterocycles. The van der Waals surface area contributed by atoms with Gasteiger partial charge in [-0.1, -0.05) is 20.8 Å². The Kier molecular flexibility index (Phi) is 3.60. The van der Waals surface area contributed by atoms with Crippen LogP contribution in [0.15, 0.2) is 36.8 Å². The zero-order valence-electron chi connectivity index (χ0n) is 13.5. The maximum absolute atomic E-state index is 4.77. The summed E-state index contributed by atoms with van der Waals surface area (Å²) in [7, 11) is 2.04. The smallest absolute Gasteiger partial charge is 0.151 e. The van der Waals surface area contributed by atoms with Crippen LogP contribution in [0.3, 0.4) is 0 Å². The third kappa shape index (κ3) is 2.82. The lowest BCUT2D eigenvalue weighted by atomic mass is 9.91. The summed E-state index contributed by atoms with van der Waals surface area (Å²) < 4.78 is 1.87. The lowest BCUT2D eigenvalue weighted by Gasteiger charge is -2.20. The SMILES string of the molecule is Bc1cnn2c(NCc3ccncc3)cc(C(C)(C)C)nc12. The summed E-state index contributed by atoms with van der Waals surface area (Å²) in [5.74, 6) is 0.958. The third-order valence-corrected chi connectivity index (χ3v) is 3.64. The Morgan fingerprint density at radius 3 is 2.64 bits per heavy atom. The van der Waals surface area contributed by atoms with E-state index < -0.39 is 0 Å². The van der Waals surface area contributed by atoms with Crippen molar-refractivity contribution in [3.05, 3.63) is 48.0 Å². The molecule has 0 aromatic carbocycles.